The smallest absolute Gasteiger partial charge is 0.128 e. The fourth-order valence-corrected chi connectivity index (χ4v) is 4.10. The third-order valence-electron chi connectivity index (χ3n) is 2.96. The maximum Gasteiger partial charge on any atom is 0.128 e. The molecule has 0 spiro atoms. The first-order valence-corrected chi connectivity index (χ1v) is 7.78. The third-order valence-corrected chi connectivity index (χ3v) is 5.12. The van der Waals surface area contributed by atoms with Crippen molar-refractivity contribution in [2.24, 2.45) is 0 Å². The minimum absolute atomic E-state index is 0.706. The molecule has 19 heavy (non-hydrogen) atoms. The van der Waals surface area contributed by atoms with Gasteiger partial charge in [-0.2, -0.15) is 0 Å². The number of nitrogens with zero attached hydrogens (tertiary/aromatic N) is 2. The molecule has 5 heteroatoms. The number of rotatable bonds is 1. The molecule has 0 saturated carbocycles. The molecule has 0 fully saturated rings. The fourth-order valence-electron chi connectivity index (χ4n) is 2.09. The summed E-state index contributed by atoms with van der Waals surface area (Å²) in [6.07, 6.45) is 0. The monoisotopic (exact) mass is 302 g/mol. The van der Waals surface area contributed by atoms with Crippen molar-refractivity contribution in [3.8, 4) is 10.6 Å². The van der Waals surface area contributed by atoms with E-state index in [1.165, 1.54) is 4.70 Å². The van der Waals surface area contributed by atoms with Crippen LogP contribution in [-0.2, 0) is 0 Å². The molecule has 92 valence electrons. The van der Waals surface area contributed by atoms with Crippen LogP contribution < -0.4 is 0 Å². The second kappa shape index (κ2) is 4.27. The van der Waals surface area contributed by atoms with Crippen LogP contribution in [-0.4, -0.2) is 9.97 Å². The van der Waals surface area contributed by atoms with Crippen molar-refractivity contribution in [2.45, 2.75) is 0 Å². The van der Waals surface area contributed by atoms with Crippen LogP contribution in [0.25, 0.3) is 31.0 Å². The van der Waals surface area contributed by atoms with Gasteiger partial charge in [0.15, 0.2) is 0 Å². The number of hydrogen-bond donors (Lipinski definition) is 0. The Bertz CT molecular complexity index is 862. The normalized spacial score (nSPS) is 11.4. The fraction of sp³-hybridized carbons (Fsp3) is 0. The first-order chi connectivity index (χ1) is 9.33. The first-order valence-electron chi connectivity index (χ1n) is 5.70. The van der Waals surface area contributed by atoms with Crippen molar-refractivity contribution in [2.75, 3.05) is 0 Å². The van der Waals surface area contributed by atoms with Gasteiger partial charge in [-0.25, -0.2) is 9.97 Å². The summed E-state index contributed by atoms with van der Waals surface area (Å²) in [6, 6.07) is 12.0. The highest BCUT2D eigenvalue weighted by Gasteiger charge is 2.14. The average Bonchev–Trinajstić information content (AvgIpc) is 3.03. The van der Waals surface area contributed by atoms with Gasteiger partial charge in [0.2, 0.25) is 0 Å². The topological polar surface area (TPSA) is 25.8 Å². The van der Waals surface area contributed by atoms with E-state index in [1.807, 2.05) is 35.8 Å². The second-order valence-corrected chi connectivity index (χ2v) is 6.43. The van der Waals surface area contributed by atoms with Gasteiger partial charge in [-0.3, -0.25) is 0 Å². The van der Waals surface area contributed by atoms with Gasteiger partial charge in [-0.05, 0) is 24.3 Å². The van der Waals surface area contributed by atoms with Crippen LogP contribution in [0.4, 0.5) is 0 Å². The maximum atomic E-state index is 6.35. The predicted octanol–water partition coefficient (Wildman–Crippen LogP) is 5.23. The molecule has 0 aliphatic carbocycles. The molecule has 2 aromatic heterocycles. The number of para-hydroxylation sites is 1. The van der Waals surface area contributed by atoms with Gasteiger partial charge >= 0.3 is 0 Å². The molecule has 4 rings (SSSR count). The zero-order valence-electron chi connectivity index (χ0n) is 9.63. The molecule has 0 aliphatic heterocycles. The maximum absolute atomic E-state index is 6.35. The Hall–Kier alpha value is -1.49. The number of aromatic nitrogens is 2. The molecule has 2 nitrogen and oxygen atoms in total. The van der Waals surface area contributed by atoms with E-state index < -0.39 is 0 Å². The summed E-state index contributed by atoms with van der Waals surface area (Å²) in [5.41, 5.74) is 4.74. The van der Waals surface area contributed by atoms with Crippen LogP contribution >= 0.6 is 34.3 Å². The van der Waals surface area contributed by atoms with Crippen molar-refractivity contribution < 1.29 is 0 Å². The van der Waals surface area contributed by atoms with Gasteiger partial charge < -0.3 is 0 Å². The van der Waals surface area contributed by atoms with Crippen LogP contribution in [0.2, 0.25) is 5.02 Å². The predicted molar refractivity (Wildman–Crippen MR) is 83.2 cm³/mol. The molecule has 0 atom stereocenters. The van der Waals surface area contributed by atoms with Crippen molar-refractivity contribution >= 4 is 54.7 Å². The zero-order chi connectivity index (χ0) is 12.8. The van der Waals surface area contributed by atoms with Crippen molar-refractivity contribution in [1.29, 1.82) is 0 Å². The Kier molecular flexibility index (Phi) is 2.55. The Morgan fingerprint density at radius 1 is 1.00 bits per heavy atom. The van der Waals surface area contributed by atoms with Crippen LogP contribution in [0.15, 0.2) is 41.9 Å². The van der Waals surface area contributed by atoms with Gasteiger partial charge in [0.25, 0.3) is 0 Å². The van der Waals surface area contributed by atoms with E-state index in [0.717, 1.165) is 26.3 Å². The van der Waals surface area contributed by atoms with Gasteiger partial charge in [0.1, 0.15) is 5.01 Å². The van der Waals surface area contributed by atoms with E-state index in [4.69, 9.17) is 11.6 Å². The van der Waals surface area contributed by atoms with E-state index in [2.05, 4.69) is 16.0 Å². The molecule has 2 aromatic carbocycles. The summed E-state index contributed by atoms with van der Waals surface area (Å²) < 4.78 is 2.31. The molecular formula is C14H7ClN2S2. The van der Waals surface area contributed by atoms with Crippen molar-refractivity contribution in [1.82, 2.24) is 9.97 Å². The van der Waals surface area contributed by atoms with Gasteiger partial charge in [0, 0.05) is 0 Å². The molecule has 0 unspecified atom stereocenters. The van der Waals surface area contributed by atoms with Gasteiger partial charge in [-0.15, -0.1) is 22.7 Å². The lowest BCUT2D eigenvalue weighted by Gasteiger charge is -2.00. The van der Waals surface area contributed by atoms with E-state index in [0.29, 0.717) is 5.02 Å². The standard InChI is InChI=1S/C14H7ClN2S2/c15-8-5-6-11-13(16-7-18-11)12(8)14-17-9-3-1-2-4-10(9)19-14/h1-7H. The van der Waals surface area contributed by atoms with E-state index >= 15 is 0 Å². The molecule has 2 heterocycles. The lowest BCUT2D eigenvalue weighted by atomic mass is 10.2. The molecule has 0 amide bonds. The molecule has 0 N–H and O–H groups in total. The Morgan fingerprint density at radius 3 is 2.79 bits per heavy atom. The van der Waals surface area contributed by atoms with Gasteiger partial charge in [0.05, 0.1) is 36.5 Å². The number of benzene rings is 2. The molecule has 0 aliphatic rings. The summed E-state index contributed by atoms with van der Waals surface area (Å²) >= 11 is 9.62. The summed E-state index contributed by atoms with van der Waals surface area (Å²) in [5.74, 6) is 0. The first kappa shape index (κ1) is 11.3. The van der Waals surface area contributed by atoms with Gasteiger partial charge in [-0.1, -0.05) is 23.7 Å². The van der Waals surface area contributed by atoms with Crippen LogP contribution in [0.5, 0.6) is 0 Å². The summed E-state index contributed by atoms with van der Waals surface area (Å²) in [6.45, 7) is 0. The van der Waals surface area contributed by atoms with Crippen LogP contribution in [0.3, 0.4) is 0 Å². The SMILES string of the molecule is Clc1ccc2scnc2c1-c1nc2ccccc2s1. The molecule has 0 bridgehead atoms. The molecular weight excluding hydrogens is 296 g/mol. The van der Waals surface area contributed by atoms with E-state index in [9.17, 15) is 0 Å². The summed E-state index contributed by atoms with van der Waals surface area (Å²) in [7, 11) is 0. The third kappa shape index (κ3) is 1.75. The quantitative estimate of drug-likeness (QED) is 0.481. The molecule has 4 aromatic rings. The molecule has 0 radical (unpaired) electrons. The van der Waals surface area contributed by atoms with Crippen molar-refractivity contribution in [3.05, 3.63) is 46.9 Å². The number of fused-ring (bicyclic) bond motifs is 2. The Morgan fingerprint density at radius 2 is 1.89 bits per heavy atom. The Balaban J connectivity index is 2.08. The largest absolute Gasteiger partial charge is 0.244 e. The highest BCUT2D eigenvalue weighted by molar-refractivity contribution is 7.22. The zero-order valence-corrected chi connectivity index (χ0v) is 12.0. The van der Waals surface area contributed by atoms with Crippen molar-refractivity contribution in [3.63, 3.8) is 0 Å². The van der Waals surface area contributed by atoms with Crippen LogP contribution in [0, 0.1) is 0 Å². The summed E-state index contributed by atoms with van der Waals surface area (Å²) in [5, 5.41) is 1.64. The second-order valence-electron chi connectivity index (χ2n) is 4.11. The average molecular weight is 303 g/mol. The van der Waals surface area contributed by atoms with E-state index in [-0.39, 0.29) is 0 Å². The lowest BCUT2D eigenvalue weighted by molar-refractivity contribution is 1.45. The number of thiazole rings is 2. The summed E-state index contributed by atoms with van der Waals surface area (Å²) in [4.78, 5) is 9.10. The van der Waals surface area contributed by atoms with E-state index in [1.54, 1.807) is 22.7 Å². The lowest BCUT2D eigenvalue weighted by Crippen LogP contribution is -1.81. The highest BCUT2D eigenvalue weighted by Crippen LogP contribution is 2.39. The highest BCUT2D eigenvalue weighted by atomic mass is 35.5. The Labute approximate surface area is 122 Å². The van der Waals surface area contributed by atoms with Crippen LogP contribution in [0.1, 0.15) is 0 Å². The minimum atomic E-state index is 0.706. The number of hydrogen-bond acceptors (Lipinski definition) is 4. The minimum Gasteiger partial charge on any atom is -0.244 e. The molecule has 0 saturated heterocycles. The number of halogens is 1.